The number of hydrogen-bond donors (Lipinski definition) is 2. The second kappa shape index (κ2) is 7.13. The van der Waals surface area contributed by atoms with Gasteiger partial charge in [-0.3, -0.25) is 9.59 Å². The second-order valence-corrected chi connectivity index (χ2v) is 6.27. The average Bonchev–Trinajstić information content (AvgIpc) is 2.87. The van der Waals surface area contributed by atoms with Gasteiger partial charge in [-0.15, -0.1) is 11.3 Å². The summed E-state index contributed by atoms with van der Waals surface area (Å²) in [7, 11) is 0. The molecule has 6 nitrogen and oxygen atoms in total. The monoisotopic (exact) mass is 319 g/mol. The molecule has 2 rings (SSSR count). The molecule has 2 aromatic rings. The molecule has 0 spiro atoms. The first-order valence-corrected chi connectivity index (χ1v) is 7.74. The third-order valence-electron chi connectivity index (χ3n) is 2.86. The van der Waals surface area contributed by atoms with E-state index in [1.807, 2.05) is 0 Å². The molecule has 0 aromatic carbocycles. The number of amides is 1. The summed E-state index contributed by atoms with van der Waals surface area (Å²) >= 11 is 1.25. The Balaban J connectivity index is 2.06. The summed E-state index contributed by atoms with van der Waals surface area (Å²) in [6.45, 7) is 4.17. The van der Waals surface area contributed by atoms with Gasteiger partial charge in [0.2, 0.25) is 0 Å². The van der Waals surface area contributed by atoms with Gasteiger partial charge in [0.05, 0.1) is 30.1 Å². The topological polar surface area (TPSA) is 92.2 Å². The van der Waals surface area contributed by atoms with Gasteiger partial charge >= 0.3 is 5.97 Å². The fourth-order valence-corrected chi connectivity index (χ4v) is 2.77. The number of aliphatic carboxylic acids is 1. The number of anilines is 1. The number of aromatic nitrogens is 2. The number of carboxylic acids is 1. The lowest BCUT2D eigenvalue weighted by atomic mass is 10.1. The van der Waals surface area contributed by atoms with E-state index in [-0.39, 0.29) is 12.3 Å². The maximum Gasteiger partial charge on any atom is 0.308 e. The summed E-state index contributed by atoms with van der Waals surface area (Å²) in [5, 5.41) is 13.2. The summed E-state index contributed by atoms with van der Waals surface area (Å²) < 4.78 is 0. The summed E-state index contributed by atoms with van der Waals surface area (Å²) in [5.41, 5.74) is 0.864. The number of carbonyl (C=O) groups excluding carboxylic acids is 1. The minimum atomic E-state index is -0.960. The first-order chi connectivity index (χ1) is 10.5. The lowest BCUT2D eigenvalue weighted by Gasteiger charge is -2.07. The number of carbonyl (C=O) groups is 2. The maximum atomic E-state index is 12.2. The van der Waals surface area contributed by atoms with E-state index in [0.717, 1.165) is 12.2 Å². The molecule has 0 atom stereocenters. The van der Waals surface area contributed by atoms with Crippen LogP contribution in [-0.4, -0.2) is 27.0 Å². The molecule has 2 heterocycles. The molecule has 7 heteroatoms. The van der Waals surface area contributed by atoms with Crippen LogP contribution in [-0.2, 0) is 17.6 Å². The zero-order chi connectivity index (χ0) is 16.1. The molecule has 0 aliphatic carbocycles. The third kappa shape index (κ3) is 4.36. The van der Waals surface area contributed by atoms with Crippen molar-refractivity contribution in [1.82, 2.24) is 9.97 Å². The highest BCUT2D eigenvalue weighted by Gasteiger charge is 2.15. The van der Waals surface area contributed by atoms with Crippen LogP contribution in [0.2, 0.25) is 0 Å². The Morgan fingerprint density at radius 2 is 2.00 bits per heavy atom. The van der Waals surface area contributed by atoms with Crippen molar-refractivity contribution in [2.75, 3.05) is 5.32 Å². The maximum absolute atomic E-state index is 12.2. The van der Waals surface area contributed by atoms with Crippen LogP contribution >= 0.6 is 11.3 Å². The lowest BCUT2D eigenvalue weighted by Crippen LogP contribution is -2.14. The zero-order valence-corrected chi connectivity index (χ0v) is 13.2. The van der Waals surface area contributed by atoms with Gasteiger partial charge in [0, 0.05) is 11.3 Å². The summed E-state index contributed by atoms with van der Waals surface area (Å²) in [4.78, 5) is 31.9. The number of carboxylic acid groups (broad SMARTS) is 1. The number of hydrogen-bond acceptors (Lipinski definition) is 5. The summed E-state index contributed by atoms with van der Waals surface area (Å²) in [6.07, 6.45) is 3.74. The molecule has 22 heavy (non-hydrogen) atoms. The van der Waals surface area contributed by atoms with Crippen molar-refractivity contribution >= 4 is 28.9 Å². The van der Waals surface area contributed by atoms with Crippen molar-refractivity contribution in [3.63, 3.8) is 0 Å². The predicted molar refractivity (Wildman–Crippen MR) is 84.2 cm³/mol. The van der Waals surface area contributed by atoms with E-state index in [4.69, 9.17) is 5.11 Å². The van der Waals surface area contributed by atoms with E-state index in [9.17, 15) is 9.59 Å². The van der Waals surface area contributed by atoms with E-state index in [0.29, 0.717) is 22.0 Å². The largest absolute Gasteiger partial charge is 0.481 e. The third-order valence-corrected chi connectivity index (χ3v) is 3.78. The number of rotatable bonds is 6. The van der Waals surface area contributed by atoms with Gasteiger partial charge in [0.15, 0.2) is 0 Å². The van der Waals surface area contributed by atoms with Crippen molar-refractivity contribution in [2.45, 2.75) is 26.7 Å². The highest BCUT2D eigenvalue weighted by Crippen LogP contribution is 2.19. The molecule has 2 N–H and O–H groups in total. The van der Waals surface area contributed by atoms with Crippen LogP contribution in [0.3, 0.4) is 0 Å². The molecule has 0 saturated heterocycles. The molecular formula is C15H17N3O3S. The molecule has 0 saturated carbocycles. The highest BCUT2D eigenvalue weighted by atomic mass is 32.1. The minimum Gasteiger partial charge on any atom is -0.481 e. The summed E-state index contributed by atoms with van der Waals surface area (Å²) in [5.74, 6) is -0.115. The Morgan fingerprint density at radius 3 is 2.59 bits per heavy atom. The van der Waals surface area contributed by atoms with Gasteiger partial charge in [-0.25, -0.2) is 9.97 Å². The number of nitrogens with one attached hydrogen (secondary N) is 1. The molecule has 0 bridgehead atoms. The molecular weight excluding hydrogens is 302 g/mol. The van der Waals surface area contributed by atoms with Crippen LogP contribution in [0.5, 0.6) is 0 Å². The Morgan fingerprint density at radius 1 is 1.32 bits per heavy atom. The van der Waals surface area contributed by atoms with Crippen LogP contribution in [0.1, 0.15) is 34.9 Å². The molecule has 0 fully saturated rings. The molecule has 1 amide bonds. The van der Waals surface area contributed by atoms with E-state index in [1.165, 1.54) is 11.3 Å². The molecule has 0 aliphatic rings. The van der Waals surface area contributed by atoms with Crippen molar-refractivity contribution < 1.29 is 14.7 Å². The smallest absolute Gasteiger partial charge is 0.308 e. The Hall–Kier alpha value is -2.28. The van der Waals surface area contributed by atoms with Crippen LogP contribution in [0.15, 0.2) is 23.8 Å². The van der Waals surface area contributed by atoms with Crippen LogP contribution in [0.4, 0.5) is 5.69 Å². The van der Waals surface area contributed by atoms with Crippen molar-refractivity contribution in [1.29, 1.82) is 0 Å². The predicted octanol–water partition coefficient (Wildman–Crippen LogP) is 2.62. The summed E-state index contributed by atoms with van der Waals surface area (Å²) in [6, 6.07) is 1.62. The molecule has 0 aliphatic heterocycles. The number of thiophene rings is 1. The van der Waals surface area contributed by atoms with Crippen molar-refractivity contribution in [3.8, 4) is 0 Å². The minimum absolute atomic E-state index is 0.162. The van der Waals surface area contributed by atoms with Gasteiger partial charge in [-0.05, 0) is 17.4 Å². The Bertz CT molecular complexity index is 665. The van der Waals surface area contributed by atoms with Crippen molar-refractivity contribution in [2.24, 2.45) is 5.92 Å². The Labute approximate surface area is 132 Å². The number of nitrogens with zero attached hydrogens (tertiary/aromatic N) is 2. The van der Waals surface area contributed by atoms with Gasteiger partial charge < -0.3 is 10.4 Å². The van der Waals surface area contributed by atoms with E-state index in [2.05, 4.69) is 29.1 Å². The van der Waals surface area contributed by atoms with Gasteiger partial charge in [0.1, 0.15) is 5.82 Å². The van der Waals surface area contributed by atoms with E-state index in [1.54, 1.807) is 23.8 Å². The fourth-order valence-electron chi connectivity index (χ4n) is 1.91. The van der Waals surface area contributed by atoms with Crippen LogP contribution in [0.25, 0.3) is 0 Å². The normalized spacial score (nSPS) is 10.7. The quantitative estimate of drug-likeness (QED) is 0.854. The standard InChI is InChI=1S/C15H17N3O3S/c1-9(2)5-13-16-7-10(8-17-13)18-15(21)11-3-4-22-12(11)6-14(19)20/h3-4,7-9H,5-6H2,1-2H3,(H,18,21)(H,19,20). The molecule has 0 radical (unpaired) electrons. The highest BCUT2D eigenvalue weighted by molar-refractivity contribution is 7.10. The van der Waals surface area contributed by atoms with Crippen LogP contribution < -0.4 is 5.32 Å². The molecule has 0 unspecified atom stereocenters. The Kier molecular flexibility index (Phi) is 5.21. The second-order valence-electron chi connectivity index (χ2n) is 5.27. The first kappa shape index (κ1) is 16.1. The lowest BCUT2D eigenvalue weighted by molar-refractivity contribution is -0.136. The average molecular weight is 319 g/mol. The van der Waals surface area contributed by atoms with E-state index < -0.39 is 5.97 Å². The fraction of sp³-hybridized carbons (Fsp3) is 0.333. The van der Waals surface area contributed by atoms with Gasteiger partial charge in [-0.2, -0.15) is 0 Å². The molecule has 116 valence electrons. The zero-order valence-electron chi connectivity index (χ0n) is 12.4. The van der Waals surface area contributed by atoms with Gasteiger partial charge in [-0.1, -0.05) is 13.8 Å². The van der Waals surface area contributed by atoms with Crippen molar-refractivity contribution in [3.05, 3.63) is 40.1 Å². The van der Waals surface area contributed by atoms with Crippen LogP contribution in [0, 0.1) is 5.92 Å². The molecule has 2 aromatic heterocycles. The van der Waals surface area contributed by atoms with Gasteiger partial charge in [0.25, 0.3) is 5.91 Å². The SMILES string of the molecule is CC(C)Cc1ncc(NC(=O)c2ccsc2CC(=O)O)cn1. The first-order valence-electron chi connectivity index (χ1n) is 6.86. The van der Waals surface area contributed by atoms with E-state index >= 15 is 0 Å².